The maximum atomic E-state index is 16.0. The van der Waals surface area contributed by atoms with Gasteiger partial charge in [0.15, 0.2) is 11.5 Å². The molecule has 0 radical (unpaired) electrons. The van der Waals surface area contributed by atoms with Crippen molar-refractivity contribution < 1.29 is 42.7 Å². The Kier molecular flexibility index (Phi) is 20.8. The molecule has 6 aliphatic rings. The average molecular weight is 1290 g/mol. The van der Waals surface area contributed by atoms with E-state index in [1.807, 2.05) is 56.6 Å². The standard InChI is InChI=1S/C69H89FN16O8/c1-45-64-54(7-6-8-57(64)86(78-45)43-61(88)72-39-60(87)73-40-63(90)94-2)55-36-58-52(35-56(55)70)37-75-85(58)42-47-13-25-80(26-14-47)44-62(89)82-29-15-46(16-30-82)41-79-27-17-50(18-28-79)68(92)84-33-21-51(22-34-84)69(93)83-31-19-49(20-32-83)48-9-11-53(12-10-48)76-67-65(66(71)91)74-38-59(77-67)81-23-4-3-5-24-81/h6-12,35-38,46-47,49-51H,3-5,13-34,39-44H2,1-2H3,(H2,71,91)(H,72,88)(H,73,87)(H,76,77). The van der Waals surface area contributed by atoms with Gasteiger partial charge in [-0.1, -0.05) is 24.3 Å². The lowest BCUT2D eigenvalue weighted by Crippen LogP contribution is -2.49. The molecule has 3 aromatic heterocycles. The normalized spacial score (nSPS) is 18.8. The number of nitrogens with two attached hydrogens (primary N) is 1. The van der Waals surface area contributed by atoms with Gasteiger partial charge in [0.25, 0.3) is 5.91 Å². The van der Waals surface area contributed by atoms with Crippen molar-refractivity contribution in [3.8, 4) is 11.1 Å². The van der Waals surface area contributed by atoms with E-state index in [9.17, 15) is 33.6 Å². The summed E-state index contributed by atoms with van der Waals surface area (Å²) in [5.41, 5.74) is 10.9. The fourth-order valence-corrected chi connectivity index (χ4v) is 15.0. The zero-order chi connectivity index (χ0) is 65.4. The van der Waals surface area contributed by atoms with Gasteiger partial charge in [-0.3, -0.25) is 47.8 Å². The number of carbonyl (C=O) groups is 7. The summed E-state index contributed by atoms with van der Waals surface area (Å²) in [6, 6.07) is 17.0. The molecule has 6 aliphatic heterocycles. The number of nitrogens with one attached hydrogen (secondary N) is 3. The number of hydrogen-bond acceptors (Lipinski definition) is 16. The first-order chi connectivity index (χ1) is 45.6. The quantitative estimate of drug-likeness (QED) is 0.0654. The zero-order valence-corrected chi connectivity index (χ0v) is 54.2. The summed E-state index contributed by atoms with van der Waals surface area (Å²) >= 11 is 0. The highest BCUT2D eigenvalue weighted by molar-refractivity contribution is 6.00. The van der Waals surface area contributed by atoms with Crippen LogP contribution in [0.1, 0.15) is 111 Å². The number of methoxy groups -OCH3 is 1. The van der Waals surface area contributed by atoms with Gasteiger partial charge in [-0.05, 0) is 176 Å². The van der Waals surface area contributed by atoms with Crippen LogP contribution in [0.5, 0.6) is 0 Å². The molecule has 6 fully saturated rings. The maximum Gasteiger partial charge on any atom is 0.325 e. The van der Waals surface area contributed by atoms with Crippen LogP contribution < -0.4 is 26.6 Å². The minimum absolute atomic E-state index is 0.0183. The van der Waals surface area contributed by atoms with E-state index in [-0.39, 0.29) is 54.9 Å². The van der Waals surface area contributed by atoms with Crippen molar-refractivity contribution in [3.63, 3.8) is 0 Å². The second-order valence-corrected chi connectivity index (χ2v) is 26.7. The number of carbonyl (C=O) groups excluding carboxylic acids is 7. The zero-order valence-electron chi connectivity index (χ0n) is 54.2. The summed E-state index contributed by atoms with van der Waals surface area (Å²) in [4.78, 5) is 112. The van der Waals surface area contributed by atoms with Crippen LogP contribution in [0.15, 0.2) is 67.0 Å². The highest BCUT2D eigenvalue weighted by Crippen LogP contribution is 2.37. The number of hydrogen-bond donors (Lipinski definition) is 4. The number of rotatable bonds is 20. The van der Waals surface area contributed by atoms with Crippen LogP contribution in [0.4, 0.5) is 21.7 Å². The number of esters is 1. The van der Waals surface area contributed by atoms with E-state index in [1.165, 1.54) is 29.8 Å². The minimum Gasteiger partial charge on any atom is -0.468 e. The molecule has 25 heteroatoms. The maximum absolute atomic E-state index is 16.0. The minimum atomic E-state index is -0.631. The summed E-state index contributed by atoms with van der Waals surface area (Å²) in [5.74, 6) is 0.252. The molecule has 24 nitrogen and oxygen atoms in total. The second-order valence-electron chi connectivity index (χ2n) is 26.7. The van der Waals surface area contributed by atoms with Crippen molar-refractivity contribution in [1.82, 2.24) is 64.7 Å². The van der Waals surface area contributed by atoms with Crippen molar-refractivity contribution >= 4 is 80.5 Å². The molecule has 0 bridgehead atoms. The van der Waals surface area contributed by atoms with E-state index in [4.69, 9.17) is 15.8 Å². The molecular formula is C69H89FN16O8. The van der Waals surface area contributed by atoms with Gasteiger partial charge >= 0.3 is 5.97 Å². The van der Waals surface area contributed by atoms with E-state index >= 15 is 4.39 Å². The predicted molar refractivity (Wildman–Crippen MR) is 353 cm³/mol. The van der Waals surface area contributed by atoms with Crippen LogP contribution in [-0.4, -0.2) is 207 Å². The Balaban J connectivity index is 0.530. The molecule has 0 saturated carbocycles. The first kappa shape index (κ1) is 65.5. The monoisotopic (exact) mass is 1290 g/mol. The first-order valence-electron chi connectivity index (χ1n) is 33.9. The van der Waals surface area contributed by atoms with Crippen LogP contribution in [0.25, 0.3) is 32.9 Å². The van der Waals surface area contributed by atoms with Gasteiger partial charge in [0.2, 0.25) is 29.5 Å². The third kappa shape index (κ3) is 15.5. The molecule has 6 saturated heterocycles. The van der Waals surface area contributed by atoms with E-state index < -0.39 is 29.5 Å². The SMILES string of the molecule is COC(=O)CNC(=O)CNC(=O)Cn1nc(C)c2c(-c3cc4c(cnn4CC4CCN(CC(=O)N5CCC(CN6CCC(C(=O)N7CCC(C(=O)N8CCC(c9ccc(Nc%10nc(N%11CCCCC%11)cnc%10C(N)=O)cc9)CC8)CC7)CC6)CC5)CC4)cc3F)cccc21. The molecule has 0 atom stereocenters. The van der Waals surface area contributed by atoms with Crippen LogP contribution in [0.3, 0.4) is 0 Å². The molecule has 9 heterocycles. The van der Waals surface area contributed by atoms with E-state index in [1.54, 1.807) is 18.5 Å². The summed E-state index contributed by atoms with van der Waals surface area (Å²) < 4.78 is 24.0. The number of likely N-dealkylation sites (tertiary alicyclic amines) is 5. The molecule has 3 aromatic carbocycles. The number of primary amides is 1. The first-order valence-corrected chi connectivity index (χ1v) is 33.9. The summed E-state index contributed by atoms with van der Waals surface area (Å²) in [7, 11) is 1.21. The molecule has 5 N–H and O–H groups in total. The lowest BCUT2D eigenvalue weighted by Gasteiger charge is -2.40. The van der Waals surface area contributed by atoms with Crippen molar-refractivity contribution in [2.24, 2.45) is 29.4 Å². The fourth-order valence-electron chi connectivity index (χ4n) is 15.0. The fraction of sp³-hybridized carbons (Fsp3) is 0.551. The molecule has 0 spiro atoms. The number of aryl methyl sites for hydroxylation is 1. The molecule has 12 rings (SSSR count). The van der Waals surface area contributed by atoms with Crippen LogP contribution in [0, 0.1) is 36.4 Å². The smallest absolute Gasteiger partial charge is 0.325 e. The van der Waals surface area contributed by atoms with Gasteiger partial charge in [0, 0.05) is 99.3 Å². The van der Waals surface area contributed by atoms with Crippen molar-refractivity contribution in [1.29, 1.82) is 0 Å². The van der Waals surface area contributed by atoms with Crippen molar-refractivity contribution in [3.05, 3.63) is 89.8 Å². The summed E-state index contributed by atoms with van der Waals surface area (Å²) in [6.45, 7) is 12.5. The Bertz CT molecular complexity index is 3720. The second kappa shape index (κ2) is 29.8. The van der Waals surface area contributed by atoms with Crippen molar-refractivity contribution in [2.75, 3.05) is 122 Å². The number of piperidine rings is 6. The molecule has 0 unspecified atom stereocenters. The Morgan fingerprint density at radius 1 is 0.628 bits per heavy atom. The average Bonchev–Trinajstić information content (AvgIpc) is 1.59. The van der Waals surface area contributed by atoms with Gasteiger partial charge in [-0.25, -0.2) is 14.4 Å². The molecule has 0 aliphatic carbocycles. The Morgan fingerprint density at radius 2 is 1.26 bits per heavy atom. The van der Waals surface area contributed by atoms with Gasteiger partial charge in [-0.15, -0.1) is 0 Å². The number of nitrogens with zero attached hydrogens (tertiary/aromatic N) is 12. The number of amides is 6. The number of aromatic nitrogens is 6. The summed E-state index contributed by atoms with van der Waals surface area (Å²) in [6.07, 6.45) is 15.4. The molecule has 6 amide bonds. The van der Waals surface area contributed by atoms with Gasteiger partial charge in [-0.2, -0.15) is 10.2 Å². The predicted octanol–water partition coefficient (Wildman–Crippen LogP) is 5.84. The van der Waals surface area contributed by atoms with E-state index in [0.29, 0.717) is 109 Å². The van der Waals surface area contributed by atoms with Gasteiger partial charge < -0.3 is 50.9 Å². The lowest BCUT2D eigenvalue weighted by molar-refractivity contribution is -0.144. The Labute approximate surface area is 547 Å². The van der Waals surface area contributed by atoms with Crippen molar-refractivity contribution in [2.45, 2.75) is 109 Å². The van der Waals surface area contributed by atoms with Crippen LogP contribution >= 0.6 is 0 Å². The highest BCUT2D eigenvalue weighted by Gasteiger charge is 2.37. The Hall–Kier alpha value is -8.58. The van der Waals surface area contributed by atoms with E-state index in [2.05, 4.69) is 57.6 Å². The number of ether oxygens (including phenoxy) is 1. The number of fused-ring (bicyclic) bond motifs is 2. The topological polar surface area (TPSA) is 272 Å². The highest BCUT2D eigenvalue weighted by atomic mass is 19.1. The molecule has 6 aromatic rings. The van der Waals surface area contributed by atoms with E-state index in [0.717, 1.165) is 140 Å². The van der Waals surface area contributed by atoms with Crippen LogP contribution in [0.2, 0.25) is 0 Å². The number of anilines is 3. The number of benzene rings is 3. The number of halogens is 1. The Morgan fingerprint density at radius 3 is 1.94 bits per heavy atom. The van der Waals surface area contributed by atoms with Gasteiger partial charge in [0.1, 0.15) is 24.7 Å². The lowest BCUT2D eigenvalue weighted by atomic mass is 9.87. The van der Waals surface area contributed by atoms with Gasteiger partial charge in [0.05, 0.1) is 49.3 Å². The third-order valence-corrected chi connectivity index (χ3v) is 20.6. The molecular weight excluding hydrogens is 1200 g/mol. The van der Waals surface area contributed by atoms with Crippen LogP contribution in [-0.2, 0) is 46.6 Å². The largest absolute Gasteiger partial charge is 0.468 e. The molecule has 94 heavy (non-hydrogen) atoms. The molecule has 500 valence electrons. The summed E-state index contributed by atoms with van der Waals surface area (Å²) in [5, 5.41) is 18.9. The third-order valence-electron chi connectivity index (χ3n) is 20.6.